The van der Waals surface area contributed by atoms with Crippen LogP contribution in [0.4, 0.5) is 0 Å². The number of carbonyl (C=O) groups is 1. The van der Waals surface area contributed by atoms with E-state index in [1.165, 1.54) is 0 Å². The lowest BCUT2D eigenvalue weighted by Gasteiger charge is -2.12. The normalized spacial score (nSPS) is 12.5. The molecule has 0 amide bonds. The first kappa shape index (κ1) is 12.5. The van der Waals surface area contributed by atoms with Gasteiger partial charge in [-0.2, -0.15) is 0 Å². The van der Waals surface area contributed by atoms with Gasteiger partial charge in [-0.1, -0.05) is 36.2 Å². The zero-order chi connectivity index (χ0) is 11.4. The molecule has 0 N–H and O–H groups in total. The number of Topliss-reactive ketones (excluding diaryl/α,β-unsaturated/α-hetero) is 1. The molecule has 1 rings (SSSR count). The highest BCUT2D eigenvalue weighted by Crippen LogP contribution is 2.29. The lowest BCUT2D eigenvalue weighted by molar-refractivity contribution is -0.117. The van der Waals surface area contributed by atoms with Crippen LogP contribution in [0.2, 0.25) is 10.0 Å². The molecule has 0 aliphatic rings. The van der Waals surface area contributed by atoms with Gasteiger partial charge >= 0.3 is 0 Å². The van der Waals surface area contributed by atoms with Gasteiger partial charge in [-0.25, -0.2) is 0 Å². The molecule has 1 nitrogen and oxygen atoms in total. The predicted molar refractivity (Wildman–Crippen MR) is 64.8 cm³/mol. The Bertz CT molecular complexity index is 361. The van der Waals surface area contributed by atoms with Gasteiger partial charge in [0.25, 0.3) is 0 Å². The minimum absolute atomic E-state index is 0.215. The third kappa shape index (κ3) is 3.84. The summed E-state index contributed by atoms with van der Waals surface area (Å²) in [5, 5.41) is 1.32. The summed E-state index contributed by atoms with van der Waals surface area (Å²) in [7, 11) is 0. The summed E-state index contributed by atoms with van der Waals surface area (Å²) < 4.78 is 0. The summed E-state index contributed by atoms with van der Waals surface area (Å²) >= 11 is 11.9. The summed E-state index contributed by atoms with van der Waals surface area (Å²) in [6.45, 7) is 3.67. The van der Waals surface area contributed by atoms with E-state index in [4.69, 9.17) is 23.2 Å². The summed E-state index contributed by atoms with van der Waals surface area (Å²) in [6.07, 6.45) is 1.43. The molecule has 1 atom stereocenters. The van der Waals surface area contributed by atoms with Crippen molar-refractivity contribution in [2.24, 2.45) is 0 Å². The van der Waals surface area contributed by atoms with Crippen LogP contribution in [0.3, 0.4) is 0 Å². The van der Waals surface area contributed by atoms with Gasteiger partial charge in [-0.3, -0.25) is 0 Å². The Kier molecular flexibility index (Phi) is 4.62. The van der Waals surface area contributed by atoms with Gasteiger partial charge in [0, 0.05) is 16.5 Å². The summed E-state index contributed by atoms with van der Waals surface area (Å²) in [5.74, 6) is 0.505. The van der Waals surface area contributed by atoms with E-state index in [9.17, 15) is 4.79 Å². The first-order valence-corrected chi connectivity index (χ1v) is 5.70. The van der Waals surface area contributed by atoms with Gasteiger partial charge < -0.3 is 4.79 Å². The quantitative estimate of drug-likeness (QED) is 0.764. The van der Waals surface area contributed by atoms with E-state index in [0.717, 1.165) is 12.0 Å². The fraction of sp³-hybridized carbons (Fsp3) is 0.417. The minimum atomic E-state index is 0.215. The fourth-order valence-electron chi connectivity index (χ4n) is 1.48. The zero-order valence-corrected chi connectivity index (χ0v) is 10.4. The van der Waals surface area contributed by atoms with Crippen LogP contribution in [0.1, 0.15) is 38.2 Å². The second-order valence-corrected chi connectivity index (χ2v) is 4.65. The van der Waals surface area contributed by atoms with Crippen molar-refractivity contribution in [1.29, 1.82) is 0 Å². The fourth-order valence-corrected chi connectivity index (χ4v) is 2.07. The van der Waals surface area contributed by atoms with E-state index in [1.54, 1.807) is 13.0 Å². The smallest absolute Gasteiger partial charge is 0.129 e. The number of ketones is 1. The average molecular weight is 245 g/mol. The largest absolute Gasteiger partial charge is 0.300 e. The molecule has 0 spiro atoms. The molecule has 0 saturated carbocycles. The topological polar surface area (TPSA) is 17.1 Å². The third-order valence-corrected chi connectivity index (χ3v) is 2.99. The van der Waals surface area contributed by atoms with Crippen molar-refractivity contribution in [3.05, 3.63) is 33.8 Å². The molecular formula is C12H14Cl2O. The Morgan fingerprint density at radius 2 is 2.07 bits per heavy atom. The summed E-state index contributed by atoms with van der Waals surface area (Å²) in [6, 6.07) is 5.49. The maximum absolute atomic E-state index is 10.9. The molecule has 0 radical (unpaired) electrons. The lowest BCUT2D eigenvalue weighted by Crippen LogP contribution is -1.98. The van der Waals surface area contributed by atoms with E-state index in [2.05, 4.69) is 6.92 Å². The average Bonchev–Trinajstić information content (AvgIpc) is 2.14. The Balaban J connectivity index is 2.73. The van der Waals surface area contributed by atoms with Crippen LogP contribution in [0.15, 0.2) is 18.2 Å². The van der Waals surface area contributed by atoms with Gasteiger partial charge in [-0.05, 0) is 37.0 Å². The molecule has 0 aliphatic heterocycles. The van der Waals surface area contributed by atoms with E-state index < -0.39 is 0 Å². The molecule has 1 aromatic carbocycles. The van der Waals surface area contributed by atoms with Crippen LogP contribution >= 0.6 is 23.2 Å². The standard InChI is InChI=1S/C12H14Cl2O/c1-8(3-4-9(2)15)11-6-5-10(13)7-12(11)14/h5-8H,3-4H2,1-2H3. The van der Waals surface area contributed by atoms with Gasteiger partial charge in [-0.15, -0.1) is 0 Å². The van der Waals surface area contributed by atoms with Crippen LogP contribution in [0.5, 0.6) is 0 Å². The third-order valence-electron chi connectivity index (χ3n) is 2.42. The van der Waals surface area contributed by atoms with Crippen molar-refractivity contribution in [2.75, 3.05) is 0 Å². The molecule has 0 saturated heterocycles. The van der Waals surface area contributed by atoms with Gasteiger partial charge in [0.15, 0.2) is 0 Å². The number of hydrogen-bond acceptors (Lipinski definition) is 1. The first-order chi connectivity index (χ1) is 7.00. The molecule has 15 heavy (non-hydrogen) atoms. The van der Waals surface area contributed by atoms with E-state index in [-0.39, 0.29) is 5.78 Å². The molecule has 82 valence electrons. The Morgan fingerprint density at radius 1 is 1.40 bits per heavy atom. The summed E-state index contributed by atoms with van der Waals surface area (Å²) in [5.41, 5.74) is 1.06. The molecular weight excluding hydrogens is 231 g/mol. The number of benzene rings is 1. The highest BCUT2D eigenvalue weighted by Gasteiger charge is 2.10. The first-order valence-electron chi connectivity index (χ1n) is 4.95. The second kappa shape index (κ2) is 5.53. The molecule has 3 heteroatoms. The number of halogens is 2. The highest BCUT2D eigenvalue weighted by molar-refractivity contribution is 6.35. The van der Waals surface area contributed by atoms with Gasteiger partial charge in [0.1, 0.15) is 5.78 Å². The van der Waals surface area contributed by atoms with Crippen LogP contribution in [-0.2, 0) is 4.79 Å². The predicted octanol–water partition coefficient (Wildman–Crippen LogP) is 4.47. The monoisotopic (exact) mass is 244 g/mol. The molecule has 0 fully saturated rings. The molecule has 0 heterocycles. The summed E-state index contributed by atoms with van der Waals surface area (Å²) in [4.78, 5) is 10.9. The Hall–Kier alpha value is -0.530. The molecule has 1 aromatic rings. The van der Waals surface area contributed by atoms with Crippen LogP contribution < -0.4 is 0 Å². The van der Waals surface area contributed by atoms with Crippen LogP contribution in [0.25, 0.3) is 0 Å². The second-order valence-electron chi connectivity index (χ2n) is 3.81. The molecule has 0 aromatic heterocycles. The van der Waals surface area contributed by atoms with Crippen LogP contribution in [-0.4, -0.2) is 5.78 Å². The lowest BCUT2D eigenvalue weighted by atomic mass is 9.95. The maximum Gasteiger partial charge on any atom is 0.129 e. The van der Waals surface area contributed by atoms with Crippen molar-refractivity contribution in [3.8, 4) is 0 Å². The van der Waals surface area contributed by atoms with E-state index in [0.29, 0.717) is 22.4 Å². The van der Waals surface area contributed by atoms with E-state index >= 15 is 0 Å². The van der Waals surface area contributed by atoms with Crippen molar-refractivity contribution in [1.82, 2.24) is 0 Å². The SMILES string of the molecule is CC(=O)CCC(C)c1ccc(Cl)cc1Cl. The van der Waals surface area contributed by atoms with Crippen LogP contribution in [0, 0.1) is 0 Å². The van der Waals surface area contributed by atoms with Crippen molar-refractivity contribution in [3.63, 3.8) is 0 Å². The number of rotatable bonds is 4. The minimum Gasteiger partial charge on any atom is -0.300 e. The van der Waals surface area contributed by atoms with Crippen molar-refractivity contribution >= 4 is 29.0 Å². The Morgan fingerprint density at radius 3 is 2.60 bits per heavy atom. The van der Waals surface area contributed by atoms with E-state index in [1.807, 2.05) is 12.1 Å². The highest BCUT2D eigenvalue weighted by atomic mass is 35.5. The molecule has 0 aliphatic carbocycles. The Labute approximate surface area is 100 Å². The van der Waals surface area contributed by atoms with Gasteiger partial charge in [0.2, 0.25) is 0 Å². The van der Waals surface area contributed by atoms with Gasteiger partial charge in [0.05, 0.1) is 0 Å². The number of hydrogen-bond donors (Lipinski definition) is 0. The maximum atomic E-state index is 10.9. The molecule has 0 bridgehead atoms. The number of carbonyl (C=O) groups excluding carboxylic acids is 1. The zero-order valence-electron chi connectivity index (χ0n) is 8.89. The van der Waals surface area contributed by atoms with Crippen molar-refractivity contribution < 1.29 is 4.79 Å². The van der Waals surface area contributed by atoms with Crippen molar-refractivity contribution in [2.45, 2.75) is 32.6 Å². The molecule has 1 unspecified atom stereocenters.